The number of rotatable bonds is 4. The van der Waals surface area contributed by atoms with Crippen LogP contribution in [0.4, 0.5) is 0 Å². The zero-order chi connectivity index (χ0) is 8.20. The van der Waals surface area contributed by atoms with Gasteiger partial charge in [-0.05, 0) is 13.3 Å². The lowest BCUT2D eigenvalue weighted by Crippen LogP contribution is -2.44. The fourth-order valence-electron chi connectivity index (χ4n) is 1.06. The molecule has 0 rings (SSSR count). The van der Waals surface area contributed by atoms with Gasteiger partial charge in [0.25, 0.3) is 0 Å². The summed E-state index contributed by atoms with van der Waals surface area (Å²) in [7, 11) is 0. The highest BCUT2D eigenvalue weighted by atomic mass is 16.1. The van der Waals surface area contributed by atoms with Gasteiger partial charge in [-0.25, -0.2) is 0 Å². The minimum Gasteiger partial charge on any atom is -0.319 e. The summed E-state index contributed by atoms with van der Waals surface area (Å²) in [4.78, 5) is 11.1. The van der Waals surface area contributed by atoms with E-state index in [9.17, 15) is 4.79 Å². The Kier molecular flexibility index (Phi) is 3.58. The van der Waals surface area contributed by atoms with E-state index in [1.807, 2.05) is 20.8 Å². The number of hydrogen-bond acceptors (Lipinski definition) is 2. The van der Waals surface area contributed by atoms with Gasteiger partial charge >= 0.3 is 0 Å². The molecule has 60 valence electrons. The van der Waals surface area contributed by atoms with Crippen LogP contribution in [0.1, 0.15) is 40.0 Å². The lowest BCUT2D eigenvalue weighted by molar-refractivity contribution is -0.123. The Hall–Kier alpha value is -0.370. The van der Waals surface area contributed by atoms with E-state index in [0.717, 1.165) is 12.8 Å². The fourth-order valence-corrected chi connectivity index (χ4v) is 1.06. The van der Waals surface area contributed by atoms with Crippen LogP contribution in [0, 0.1) is 0 Å². The molecule has 0 aromatic heterocycles. The van der Waals surface area contributed by atoms with Crippen molar-refractivity contribution in [1.82, 2.24) is 0 Å². The summed E-state index contributed by atoms with van der Waals surface area (Å²) in [5.41, 5.74) is 5.15. The smallest absolute Gasteiger partial charge is 0.152 e. The molecule has 0 spiro atoms. The quantitative estimate of drug-likeness (QED) is 0.647. The predicted molar refractivity (Wildman–Crippen MR) is 42.8 cm³/mol. The Morgan fingerprint density at radius 3 is 2.30 bits per heavy atom. The summed E-state index contributed by atoms with van der Waals surface area (Å²) in [5.74, 6) is 0.161. The van der Waals surface area contributed by atoms with Crippen molar-refractivity contribution >= 4 is 5.78 Å². The molecule has 0 aromatic carbocycles. The largest absolute Gasteiger partial charge is 0.319 e. The standard InChI is InChI=1S/C8H17NO/c1-4-6-8(3,9)7(10)5-2/h4-6,9H2,1-3H3. The molecule has 0 heterocycles. The van der Waals surface area contributed by atoms with Gasteiger partial charge in [0.2, 0.25) is 0 Å². The lowest BCUT2D eigenvalue weighted by atomic mass is 9.91. The third-order valence-electron chi connectivity index (χ3n) is 1.73. The zero-order valence-corrected chi connectivity index (χ0v) is 7.11. The second-order valence-electron chi connectivity index (χ2n) is 2.94. The monoisotopic (exact) mass is 143 g/mol. The molecule has 10 heavy (non-hydrogen) atoms. The zero-order valence-electron chi connectivity index (χ0n) is 7.11. The highest BCUT2D eigenvalue weighted by Gasteiger charge is 2.24. The SMILES string of the molecule is CCCC(C)(N)C(=O)CC. The fraction of sp³-hybridized carbons (Fsp3) is 0.875. The molecule has 0 radical (unpaired) electrons. The molecule has 2 N–H and O–H groups in total. The molecule has 0 aliphatic heterocycles. The molecule has 0 fully saturated rings. The van der Waals surface area contributed by atoms with Crippen molar-refractivity contribution in [2.24, 2.45) is 5.73 Å². The minimum atomic E-state index is -0.580. The summed E-state index contributed by atoms with van der Waals surface area (Å²) in [5, 5.41) is 0. The second-order valence-corrected chi connectivity index (χ2v) is 2.94. The van der Waals surface area contributed by atoms with E-state index in [4.69, 9.17) is 5.73 Å². The molecule has 0 aliphatic carbocycles. The number of hydrogen-bond donors (Lipinski definition) is 1. The molecule has 0 amide bonds. The predicted octanol–water partition coefficient (Wildman–Crippen LogP) is 1.48. The molecule has 0 saturated heterocycles. The first-order chi connectivity index (χ1) is 4.54. The molecule has 2 heteroatoms. The van der Waals surface area contributed by atoms with Crippen molar-refractivity contribution in [3.05, 3.63) is 0 Å². The van der Waals surface area contributed by atoms with Gasteiger partial charge in [0.1, 0.15) is 0 Å². The second kappa shape index (κ2) is 3.71. The molecule has 1 atom stereocenters. The van der Waals surface area contributed by atoms with Crippen LogP contribution in [-0.2, 0) is 4.79 Å². The van der Waals surface area contributed by atoms with Gasteiger partial charge in [0.05, 0.1) is 5.54 Å². The van der Waals surface area contributed by atoms with Crippen molar-refractivity contribution in [2.45, 2.75) is 45.6 Å². The van der Waals surface area contributed by atoms with Gasteiger partial charge in [-0.1, -0.05) is 20.3 Å². The number of carbonyl (C=O) groups is 1. The van der Waals surface area contributed by atoms with Crippen LogP contribution in [0.15, 0.2) is 0 Å². The molecule has 0 saturated carbocycles. The Labute approximate surface area is 62.8 Å². The molecule has 1 unspecified atom stereocenters. The number of Topliss-reactive ketones (excluding diaryl/α,β-unsaturated/α-hetero) is 1. The van der Waals surface area contributed by atoms with E-state index in [1.54, 1.807) is 0 Å². The van der Waals surface area contributed by atoms with Gasteiger partial charge in [-0.2, -0.15) is 0 Å². The van der Waals surface area contributed by atoms with Gasteiger partial charge < -0.3 is 5.73 Å². The molecular formula is C8H17NO. The van der Waals surface area contributed by atoms with Crippen molar-refractivity contribution < 1.29 is 4.79 Å². The Bertz CT molecular complexity index is 118. The number of nitrogens with two attached hydrogens (primary N) is 1. The summed E-state index contributed by atoms with van der Waals surface area (Å²) < 4.78 is 0. The highest BCUT2D eigenvalue weighted by Crippen LogP contribution is 2.11. The topological polar surface area (TPSA) is 43.1 Å². The Balaban J connectivity index is 3.96. The van der Waals surface area contributed by atoms with E-state index in [1.165, 1.54) is 0 Å². The summed E-state index contributed by atoms with van der Waals surface area (Å²) in [6, 6.07) is 0. The Morgan fingerprint density at radius 1 is 1.50 bits per heavy atom. The average Bonchev–Trinajstić information content (AvgIpc) is 1.86. The molecule has 0 aliphatic rings. The van der Waals surface area contributed by atoms with E-state index in [2.05, 4.69) is 0 Å². The van der Waals surface area contributed by atoms with Crippen LogP contribution in [0.3, 0.4) is 0 Å². The van der Waals surface area contributed by atoms with E-state index in [0.29, 0.717) is 6.42 Å². The average molecular weight is 143 g/mol. The van der Waals surface area contributed by atoms with Crippen LogP contribution >= 0.6 is 0 Å². The van der Waals surface area contributed by atoms with Gasteiger partial charge in [-0.3, -0.25) is 4.79 Å². The first kappa shape index (κ1) is 9.63. The maximum Gasteiger partial charge on any atom is 0.152 e. The van der Waals surface area contributed by atoms with Gasteiger partial charge in [0.15, 0.2) is 5.78 Å². The van der Waals surface area contributed by atoms with Crippen LogP contribution in [-0.4, -0.2) is 11.3 Å². The maximum absolute atomic E-state index is 11.1. The normalized spacial score (nSPS) is 16.4. The van der Waals surface area contributed by atoms with E-state index < -0.39 is 5.54 Å². The number of ketones is 1. The molecular weight excluding hydrogens is 126 g/mol. The van der Waals surface area contributed by atoms with Gasteiger partial charge in [0, 0.05) is 6.42 Å². The first-order valence-electron chi connectivity index (χ1n) is 3.86. The first-order valence-corrected chi connectivity index (χ1v) is 3.86. The van der Waals surface area contributed by atoms with Crippen LogP contribution < -0.4 is 5.73 Å². The number of carbonyl (C=O) groups excluding carboxylic acids is 1. The van der Waals surface area contributed by atoms with Crippen molar-refractivity contribution in [1.29, 1.82) is 0 Å². The summed E-state index contributed by atoms with van der Waals surface area (Å²) >= 11 is 0. The summed E-state index contributed by atoms with van der Waals surface area (Å²) in [6.07, 6.45) is 2.31. The van der Waals surface area contributed by atoms with E-state index in [-0.39, 0.29) is 5.78 Å². The lowest BCUT2D eigenvalue weighted by Gasteiger charge is -2.21. The minimum absolute atomic E-state index is 0.161. The van der Waals surface area contributed by atoms with Crippen molar-refractivity contribution in [3.63, 3.8) is 0 Å². The highest BCUT2D eigenvalue weighted by molar-refractivity contribution is 5.87. The van der Waals surface area contributed by atoms with Gasteiger partial charge in [-0.15, -0.1) is 0 Å². The maximum atomic E-state index is 11.1. The van der Waals surface area contributed by atoms with Crippen LogP contribution in [0.2, 0.25) is 0 Å². The summed E-state index contributed by atoms with van der Waals surface area (Å²) in [6.45, 7) is 5.69. The molecule has 2 nitrogen and oxygen atoms in total. The van der Waals surface area contributed by atoms with Crippen molar-refractivity contribution in [2.75, 3.05) is 0 Å². The van der Waals surface area contributed by atoms with Crippen LogP contribution in [0.5, 0.6) is 0 Å². The van der Waals surface area contributed by atoms with Crippen molar-refractivity contribution in [3.8, 4) is 0 Å². The molecule has 0 bridgehead atoms. The Morgan fingerprint density at radius 2 is 2.00 bits per heavy atom. The van der Waals surface area contributed by atoms with E-state index >= 15 is 0 Å². The van der Waals surface area contributed by atoms with Crippen LogP contribution in [0.25, 0.3) is 0 Å². The third kappa shape index (κ3) is 2.48. The molecule has 0 aromatic rings. The third-order valence-corrected chi connectivity index (χ3v) is 1.73.